The molecule has 0 bridgehead atoms. The van der Waals surface area contributed by atoms with E-state index < -0.39 is 6.04 Å². The van der Waals surface area contributed by atoms with Gasteiger partial charge in [0.15, 0.2) is 0 Å². The summed E-state index contributed by atoms with van der Waals surface area (Å²) in [6, 6.07) is 30.5. The summed E-state index contributed by atoms with van der Waals surface area (Å²) < 4.78 is 12.3. The standard InChI is InChI=1S/C31H29N5O4/c1-39-24-17-18-26(28(19-24)40-2)32-31(38)30(23-13-7-4-8-14-23)35(20-22-11-5-3-6-12-22)29(37)21-36-27-16-10-9-15-25(27)33-34-36/h3-19,30H,20-21H2,1-2H3,(H,32,38). The fourth-order valence-electron chi connectivity index (χ4n) is 4.57. The molecule has 2 amide bonds. The van der Waals surface area contributed by atoms with Crippen LogP contribution in [0.25, 0.3) is 11.0 Å². The van der Waals surface area contributed by atoms with E-state index in [1.165, 1.54) is 7.11 Å². The van der Waals surface area contributed by atoms with Crippen LogP contribution in [0.4, 0.5) is 5.69 Å². The Hall–Kier alpha value is -5.18. The SMILES string of the molecule is COc1ccc(NC(=O)C(c2ccccc2)N(Cc2ccccc2)C(=O)Cn2nnc3ccccc32)c(OC)c1. The molecule has 0 aliphatic carbocycles. The normalized spacial score (nSPS) is 11.6. The van der Waals surface area contributed by atoms with Crippen molar-refractivity contribution in [2.24, 2.45) is 0 Å². The van der Waals surface area contributed by atoms with E-state index in [1.54, 1.807) is 34.9 Å². The Kier molecular flexibility index (Phi) is 8.01. The van der Waals surface area contributed by atoms with E-state index in [2.05, 4.69) is 15.6 Å². The van der Waals surface area contributed by atoms with Crippen LogP contribution in [-0.2, 0) is 22.7 Å². The molecular formula is C31H29N5O4. The Morgan fingerprint density at radius 1 is 0.875 bits per heavy atom. The van der Waals surface area contributed by atoms with Gasteiger partial charge in [0, 0.05) is 12.6 Å². The van der Waals surface area contributed by atoms with E-state index in [0.717, 1.165) is 11.1 Å². The third-order valence-corrected chi connectivity index (χ3v) is 6.56. The van der Waals surface area contributed by atoms with E-state index in [4.69, 9.17) is 9.47 Å². The van der Waals surface area contributed by atoms with Crippen molar-refractivity contribution in [2.75, 3.05) is 19.5 Å². The van der Waals surface area contributed by atoms with Crippen molar-refractivity contribution in [2.45, 2.75) is 19.1 Å². The first-order valence-electron chi connectivity index (χ1n) is 12.8. The second kappa shape index (κ2) is 12.1. The molecule has 5 rings (SSSR count). The van der Waals surface area contributed by atoms with Crippen LogP contribution >= 0.6 is 0 Å². The highest BCUT2D eigenvalue weighted by molar-refractivity contribution is 5.99. The summed E-state index contributed by atoms with van der Waals surface area (Å²) in [5, 5.41) is 11.4. The lowest BCUT2D eigenvalue weighted by Gasteiger charge is -2.32. The van der Waals surface area contributed by atoms with Gasteiger partial charge in [-0.1, -0.05) is 78.0 Å². The number of benzene rings is 4. The molecule has 0 spiro atoms. The van der Waals surface area contributed by atoms with Gasteiger partial charge in [0.05, 0.1) is 25.4 Å². The summed E-state index contributed by atoms with van der Waals surface area (Å²) in [5.74, 6) is 0.359. The van der Waals surface area contributed by atoms with Gasteiger partial charge in [0.1, 0.15) is 29.6 Å². The predicted octanol–water partition coefficient (Wildman–Crippen LogP) is 4.86. The lowest BCUT2D eigenvalue weighted by atomic mass is 10.0. The van der Waals surface area contributed by atoms with Gasteiger partial charge in [-0.3, -0.25) is 9.59 Å². The smallest absolute Gasteiger partial charge is 0.251 e. The molecule has 9 nitrogen and oxygen atoms in total. The number of carbonyl (C=O) groups excluding carboxylic acids is 2. The van der Waals surface area contributed by atoms with Gasteiger partial charge in [0.25, 0.3) is 5.91 Å². The van der Waals surface area contributed by atoms with E-state index >= 15 is 0 Å². The molecular weight excluding hydrogens is 506 g/mol. The molecule has 4 aromatic carbocycles. The lowest BCUT2D eigenvalue weighted by Crippen LogP contribution is -2.42. The average molecular weight is 536 g/mol. The maximum absolute atomic E-state index is 14.1. The molecule has 1 atom stereocenters. The van der Waals surface area contributed by atoms with Gasteiger partial charge >= 0.3 is 0 Å². The first-order valence-corrected chi connectivity index (χ1v) is 12.8. The largest absolute Gasteiger partial charge is 0.497 e. The van der Waals surface area contributed by atoms with Crippen molar-refractivity contribution in [3.05, 3.63) is 114 Å². The third-order valence-electron chi connectivity index (χ3n) is 6.56. The summed E-state index contributed by atoms with van der Waals surface area (Å²) in [7, 11) is 3.08. The second-order valence-corrected chi connectivity index (χ2v) is 9.11. The molecule has 0 fully saturated rings. The van der Waals surface area contributed by atoms with Crippen LogP contribution in [0.1, 0.15) is 17.2 Å². The van der Waals surface area contributed by atoms with Gasteiger partial charge in [-0.15, -0.1) is 5.10 Å². The number of hydrogen-bond acceptors (Lipinski definition) is 6. The number of rotatable bonds is 10. The maximum Gasteiger partial charge on any atom is 0.251 e. The highest BCUT2D eigenvalue weighted by Crippen LogP contribution is 2.32. The number of anilines is 1. The number of nitrogens with one attached hydrogen (secondary N) is 1. The number of nitrogens with zero attached hydrogens (tertiary/aromatic N) is 4. The van der Waals surface area contributed by atoms with E-state index in [1.807, 2.05) is 84.9 Å². The van der Waals surface area contributed by atoms with Crippen molar-refractivity contribution >= 4 is 28.5 Å². The average Bonchev–Trinajstić information content (AvgIpc) is 3.40. The first-order chi connectivity index (χ1) is 19.6. The highest BCUT2D eigenvalue weighted by Gasteiger charge is 2.32. The van der Waals surface area contributed by atoms with Gasteiger partial charge in [0.2, 0.25) is 5.91 Å². The predicted molar refractivity (Wildman–Crippen MR) is 152 cm³/mol. The van der Waals surface area contributed by atoms with E-state index in [-0.39, 0.29) is 24.9 Å². The lowest BCUT2D eigenvalue weighted by molar-refractivity contribution is -0.140. The molecule has 0 radical (unpaired) electrons. The zero-order chi connectivity index (χ0) is 27.9. The van der Waals surface area contributed by atoms with E-state index in [9.17, 15) is 9.59 Å². The molecule has 1 heterocycles. The molecule has 1 unspecified atom stereocenters. The Bertz CT molecular complexity index is 1600. The van der Waals surface area contributed by atoms with Crippen molar-refractivity contribution < 1.29 is 19.1 Å². The molecule has 1 aromatic heterocycles. The number of carbonyl (C=O) groups is 2. The highest BCUT2D eigenvalue weighted by atomic mass is 16.5. The van der Waals surface area contributed by atoms with Crippen LogP contribution in [0, 0.1) is 0 Å². The number of hydrogen-bond donors (Lipinski definition) is 1. The van der Waals surface area contributed by atoms with Crippen LogP contribution in [0.3, 0.4) is 0 Å². The number of methoxy groups -OCH3 is 2. The van der Waals surface area contributed by atoms with Crippen LogP contribution in [0.2, 0.25) is 0 Å². The van der Waals surface area contributed by atoms with Gasteiger partial charge in [-0.05, 0) is 35.4 Å². The number of fused-ring (bicyclic) bond motifs is 1. The van der Waals surface area contributed by atoms with Crippen LogP contribution < -0.4 is 14.8 Å². The third kappa shape index (κ3) is 5.78. The van der Waals surface area contributed by atoms with E-state index in [0.29, 0.717) is 28.3 Å². The summed E-state index contributed by atoms with van der Waals surface area (Å²) in [6.07, 6.45) is 0. The van der Waals surface area contributed by atoms with Crippen molar-refractivity contribution in [3.63, 3.8) is 0 Å². The fourth-order valence-corrected chi connectivity index (χ4v) is 4.57. The number of ether oxygens (including phenoxy) is 2. The monoisotopic (exact) mass is 535 g/mol. The number of aromatic nitrogens is 3. The molecule has 0 aliphatic rings. The van der Waals surface area contributed by atoms with Crippen molar-refractivity contribution in [1.29, 1.82) is 0 Å². The van der Waals surface area contributed by atoms with Crippen LogP contribution in [0.5, 0.6) is 11.5 Å². The fraction of sp³-hybridized carbons (Fsp3) is 0.161. The van der Waals surface area contributed by atoms with Crippen LogP contribution in [-0.4, -0.2) is 45.9 Å². The Morgan fingerprint density at radius 2 is 1.57 bits per heavy atom. The van der Waals surface area contributed by atoms with Gasteiger partial charge in [-0.2, -0.15) is 0 Å². The van der Waals surface area contributed by atoms with Gasteiger partial charge in [-0.25, -0.2) is 4.68 Å². The summed E-state index contributed by atoms with van der Waals surface area (Å²) in [5.41, 5.74) is 3.44. The molecule has 40 heavy (non-hydrogen) atoms. The Balaban J connectivity index is 1.54. The molecule has 9 heteroatoms. The summed E-state index contributed by atoms with van der Waals surface area (Å²) in [4.78, 5) is 29.7. The summed E-state index contributed by atoms with van der Waals surface area (Å²) in [6.45, 7) is 0.120. The second-order valence-electron chi connectivity index (χ2n) is 9.11. The Morgan fingerprint density at radius 3 is 2.30 bits per heavy atom. The maximum atomic E-state index is 14.1. The number of amides is 2. The zero-order valence-corrected chi connectivity index (χ0v) is 22.2. The Labute approximate surface area is 231 Å². The molecule has 202 valence electrons. The minimum Gasteiger partial charge on any atom is -0.497 e. The zero-order valence-electron chi connectivity index (χ0n) is 22.2. The molecule has 0 aliphatic heterocycles. The van der Waals surface area contributed by atoms with Gasteiger partial charge < -0.3 is 19.7 Å². The molecule has 1 N–H and O–H groups in total. The minimum atomic E-state index is -0.949. The molecule has 5 aromatic rings. The number of para-hydroxylation sites is 1. The van der Waals surface area contributed by atoms with Crippen LogP contribution in [0.15, 0.2) is 103 Å². The van der Waals surface area contributed by atoms with Crippen molar-refractivity contribution in [1.82, 2.24) is 19.9 Å². The topological polar surface area (TPSA) is 98.6 Å². The van der Waals surface area contributed by atoms with Crippen molar-refractivity contribution in [3.8, 4) is 11.5 Å². The quantitative estimate of drug-likeness (QED) is 0.274. The minimum absolute atomic E-state index is 0.0875. The molecule has 0 saturated carbocycles. The first kappa shape index (κ1) is 26.4. The molecule has 0 saturated heterocycles. The summed E-state index contributed by atoms with van der Waals surface area (Å²) >= 11 is 0.